The molecule has 9 nitrogen and oxygen atoms in total. The third-order valence-corrected chi connectivity index (χ3v) is 4.63. The third kappa shape index (κ3) is 8.73. The van der Waals surface area contributed by atoms with E-state index in [0.717, 1.165) is 11.8 Å². The zero-order valence-electron chi connectivity index (χ0n) is 17.9. The van der Waals surface area contributed by atoms with Gasteiger partial charge < -0.3 is 24.8 Å². The normalized spacial score (nSPS) is 12.9. The summed E-state index contributed by atoms with van der Waals surface area (Å²) in [5, 5.41) is 4.61. The van der Waals surface area contributed by atoms with Gasteiger partial charge in [0.1, 0.15) is 23.4 Å². The molecule has 0 aliphatic heterocycles. The molecule has 2 amide bonds. The summed E-state index contributed by atoms with van der Waals surface area (Å²) < 4.78 is 14.8. The second kappa shape index (κ2) is 11.4. The maximum atomic E-state index is 12.6. The molecule has 0 saturated carbocycles. The van der Waals surface area contributed by atoms with Crippen LogP contribution in [0.5, 0.6) is 5.75 Å². The van der Waals surface area contributed by atoms with Crippen LogP contribution in [-0.4, -0.2) is 60.7 Å². The number of carbonyl (C=O) groups excluding carboxylic acids is 4. The molecule has 2 N–H and O–H groups in total. The van der Waals surface area contributed by atoms with Crippen LogP contribution in [0.3, 0.4) is 0 Å². The first-order valence-electron chi connectivity index (χ1n) is 9.15. The van der Waals surface area contributed by atoms with Gasteiger partial charge in [-0.15, -0.1) is 0 Å². The second-order valence-corrected chi connectivity index (χ2v) is 8.27. The summed E-state index contributed by atoms with van der Waals surface area (Å²) in [6, 6.07) is 4.46. The number of benzene rings is 1. The van der Waals surface area contributed by atoms with E-state index in [2.05, 4.69) is 15.4 Å². The Balaban J connectivity index is 2.84. The Kier molecular flexibility index (Phi) is 9.64. The summed E-state index contributed by atoms with van der Waals surface area (Å²) in [5.41, 5.74) is -0.351. The minimum atomic E-state index is -1.11. The van der Waals surface area contributed by atoms with Crippen molar-refractivity contribution in [3.63, 3.8) is 0 Å². The molecule has 2 atom stereocenters. The van der Waals surface area contributed by atoms with Crippen molar-refractivity contribution in [2.24, 2.45) is 0 Å². The average molecular weight is 441 g/mol. The highest BCUT2D eigenvalue weighted by Crippen LogP contribution is 2.18. The molecule has 0 fully saturated rings. The molecule has 1 rings (SSSR count). The molecular weight excluding hydrogens is 412 g/mol. The van der Waals surface area contributed by atoms with Crippen molar-refractivity contribution in [3.8, 4) is 5.75 Å². The fourth-order valence-electron chi connectivity index (χ4n) is 2.15. The van der Waals surface area contributed by atoms with Crippen LogP contribution in [0, 0.1) is 0 Å². The third-order valence-electron chi connectivity index (χ3n) is 3.63. The van der Waals surface area contributed by atoms with Crippen LogP contribution in [0.15, 0.2) is 24.3 Å². The van der Waals surface area contributed by atoms with Crippen LogP contribution >= 0.6 is 11.8 Å². The summed E-state index contributed by atoms with van der Waals surface area (Å²) in [6.45, 7) is 6.50. The molecule has 10 heteroatoms. The van der Waals surface area contributed by atoms with Crippen molar-refractivity contribution in [1.29, 1.82) is 0 Å². The highest BCUT2D eigenvalue weighted by atomic mass is 32.2. The van der Waals surface area contributed by atoms with Crippen LogP contribution in [0.4, 0.5) is 4.79 Å². The largest absolute Gasteiger partial charge is 0.497 e. The molecular formula is C20H28N2O7S. The van der Waals surface area contributed by atoms with Gasteiger partial charge in [-0.25, -0.2) is 9.59 Å². The first-order chi connectivity index (χ1) is 14.0. The van der Waals surface area contributed by atoms with Gasteiger partial charge in [0.2, 0.25) is 11.0 Å². The van der Waals surface area contributed by atoms with Gasteiger partial charge in [-0.1, -0.05) is 11.8 Å². The van der Waals surface area contributed by atoms with E-state index in [1.165, 1.54) is 21.1 Å². The van der Waals surface area contributed by atoms with Gasteiger partial charge in [-0.3, -0.25) is 9.59 Å². The molecule has 30 heavy (non-hydrogen) atoms. The van der Waals surface area contributed by atoms with Gasteiger partial charge in [0.25, 0.3) is 0 Å². The number of thioether (sulfide) groups is 1. The van der Waals surface area contributed by atoms with E-state index in [-0.39, 0.29) is 10.9 Å². The second-order valence-electron chi connectivity index (χ2n) is 7.28. The quantitative estimate of drug-likeness (QED) is 0.590. The summed E-state index contributed by atoms with van der Waals surface area (Å²) in [6.07, 6.45) is -0.814. The standard InChI is InChI=1S/C20H28N2O7S/c1-12(17(24)28-6)21-16(23)15(22-19(26)29-20(2,3)4)11-30-18(25)13-7-9-14(27-5)10-8-13/h7-10,12,15H,11H2,1-6H3,(H,21,23)(H,22,26)/t12-,15-/m0/s1. The predicted octanol–water partition coefficient (Wildman–Crippen LogP) is 2.14. The Morgan fingerprint density at radius 3 is 2.13 bits per heavy atom. The zero-order chi connectivity index (χ0) is 22.9. The number of nitrogens with one attached hydrogen (secondary N) is 2. The SMILES string of the molecule is COC(=O)[C@H](C)NC(=O)[C@H](CSC(=O)c1ccc(OC)cc1)NC(=O)OC(C)(C)C. The van der Waals surface area contributed by atoms with E-state index < -0.39 is 35.7 Å². The number of ether oxygens (including phenoxy) is 3. The Morgan fingerprint density at radius 1 is 1.03 bits per heavy atom. The highest BCUT2D eigenvalue weighted by Gasteiger charge is 2.28. The lowest BCUT2D eigenvalue weighted by molar-refractivity contribution is -0.144. The van der Waals surface area contributed by atoms with E-state index in [9.17, 15) is 19.2 Å². The molecule has 0 radical (unpaired) electrons. The molecule has 0 bridgehead atoms. The van der Waals surface area contributed by atoms with Crippen molar-refractivity contribution in [1.82, 2.24) is 10.6 Å². The van der Waals surface area contributed by atoms with Crippen LogP contribution in [0.1, 0.15) is 38.1 Å². The van der Waals surface area contributed by atoms with Crippen molar-refractivity contribution >= 4 is 34.8 Å². The molecule has 1 aromatic rings. The summed E-state index contributed by atoms with van der Waals surface area (Å²) in [4.78, 5) is 48.7. The molecule has 0 aliphatic carbocycles. The lowest BCUT2D eigenvalue weighted by Crippen LogP contribution is -2.53. The van der Waals surface area contributed by atoms with Gasteiger partial charge in [-0.2, -0.15) is 0 Å². The molecule has 0 saturated heterocycles. The Bertz CT molecular complexity index is 759. The number of alkyl carbamates (subject to hydrolysis) is 1. The molecule has 0 aromatic heterocycles. The van der Waals surface area contributed by atoms with Gasteiger partial charge in [0.15, 0.2) is 0 Å². The van der Waals surface area contributed by atoms with Gasteiger partial charge in [0, 0.05) is 11.3 Å². The lowest BCUT2D eigenvalue weighted by atomic mass is 10.2. The van der Waals surface area contributed by atoms with Gasteiger partial charge in [0.05, 0.1) is 14.2 Å². The maximum Gasteiger partial charge on any atom is 0.408 e. The first kappa shape index (κ1) is 25.3. The smallest absolute Gasteiger partial charge is 0.408 e. The monoisotopic (exact) mass is 440 g/mol. The minimum absolute atomic E-state index is 0.0656. The van der Waals surface area contributed by atoms with E-state index in [1.807, 2.05) is 0 Å². The summed E-state index contributed by atoms with van der Waals surface area (Å²) in [7, 11) is 2.72. The van der Waals surface area contributed by atoms with E-state index in [0.29, 0.717) is 11.3 Å². The van der Waals surface area contributed by atoms with Crippen LogP contribution in [-0.2, 0) is 19.1 Å². The maximum absolute atomic E-state index is 12.6. The zero-order valence-corrected chi connectivity index (χ0v) is 18.8. The Labute approximate surface area is 180 Å². The van der Waals surface area contributed by atoms with Crippen molar-refractivity contribution in [2.45, 2.75) is 45.4 Å². The van der Waals surface area contributed by atoms with Gasteiger partial charge in [-0.05, 0) is 52.0 Å². The summed E-state index contributed by atoms with van der Waals surface area (Å²) in [5.74, 6) is -0.739. The molecule has 0 unspecified atom stereocenters. The fraction of sp³-hybridized carbons (Fsp3) is 0.500. The van der Waals surface area contributed by atoms with E-state index in [4.69, 9.17) is 9.47 Å². The Hall–Kier alpha value is -2.75. The number of hydrogen-bond donors (Lipinski definition) is 2. The number of methoxy groups -OCH3 is 2. The fourth-order valence-corrected chi connectivity index (χ4v) is 3.01. The number of hydrogen-bond acceptors (Lipinski definition) is 8. The molecule has 1 aromatic carbocycles. The highest BCUT2D eigenvalue weighted by molar-refractivity contribution is 8.14. The predicted molar refractivity (Wildman–Crippen MR) is 113 cm³/mol. The van der Waals surface area contributed by atoms with Crippen LogP contribution in [0.25, 0.3) is 0 Å². The minimum Gasteiger partial charge on any atom is -0.497 e. The number of rotatable bonds is 8. The molecule has 166 valence electrons. The topological polar surface area (TPSA) is 120 Å². The van der Waals surface area contributed by atoms with Crippen molar-refractivity contribution in [3.05, 3.63) is 29.8 Å². The Morgan fingerprint density at radius 2 is 1.63 bits per heavy atom. The number of esters is 1. The van der Waals surface area contributed by atoms with Crippen molar-refractivity contribution in [2.75, 3.05) is 20.0 Å². The molecule has 0 heterocycles. The first-order valence-corrected chi connectivity index (χ1v) is 10.1. The number of amides is 2. The molecule has 0 spiro atoms. The summed E-state index contributed by atoms with van der Waals surface area (Å²) >= 11 is 0.854. The van der Waals surface area contributed by atoms with E-state index in [1.54, 1.807) is 45.0 Å². The molecule has 0 aliphatic rings. The van der Waals surface area contributed by atoms with Crippen LogP contribution in [0.2, 0.25) is 0 Å². The van der Waals surface area contributed by atoms with Gasteiger partial charge >= 0.3 is 12.1 Å². The van der Waals surface area contributed by atoms with E-state index >= 15 is 0 Å². The van der Waals surface area contributed by atoms with Crippen LogP contribution < -0.4 is 15.4 Å². The number of carbonyl (C=O) groups is 4. The lowest BCUT2D eigenvalue weighted by Gasteiger charge is -2.23. The van der Waals surface area contributed by atoms with Crippen molar-refractivity contribution < 1.29 is 33.4 Å². The average Bonchev–Trinajstić information content (AvgIpc) is 2.68.